The number of ether oxygens (including phenoxy) is 1. The van der Waals surface area contributed by atoms with Crippen molar-refractivity contribution in [2.24, 2.45) is 5.92 Å². The number of carbonyl (C=O) groups is 1. The Morgan fingerprint density at radius 1 is 1.43 bits per heavy atom. The van der Waals surface area contributed by atoms with Gasteiger partial charge in [0.2, 0.25) is 5.91 Å². The maximum absolute atomic E-state index is 12.3. The molecule has 1 aromatic heterocycles. The van der Waals surface area contributed by atoms with Gasteiger partial charge in [-0.25, -0.2) is 13.1 Å². The lowest BCUT2D eigenvalue weighted by atomic mass is 9.96. The number of hydrogen-bond acceptors (Lipinski definition) is 5. The lowest BCUT2D eigenvalue weighted by molar-refractivity contribution is -0.124. The van der Waals surface area contributed by atoms with Gasteiger partial charge in [-0.05, 0) is 27.2 Å². The van der Waals surface area contributed by atoms with E-state index in [1.54, 1.807) is 20.8 Å². The first-order chi connectivity index (χ1) is 9.72. The lowest BCUT2D eigenvalue weighted by Gasteiger charge is -2.17. The van der Waals surface area contributed by atoms with Crippen molar-refractivity contribution in [2.75, 3.05) is 6.61 Å². The molecule has 1 saturated heterocycles. The van der Waals surface area contributed by atoms with Crippen LogP contribution in [0, 0.1) is 19.8 Å². The van der Waals surface area contributed by atoms with Crippen molar-refractivity contribution in [3.05, 3.63) is 29.7 Å². The molecule has 116 valence electrons. The zero-order valence-electron chi connectivity index (χ0n) is 12.3. The molecule has 0 saturated carbocycles. The number of furan rings is 1. The largest absolute Gasteiger partial charge is 0.465 e. The summed E-state index contributed by atoms with van der Waals surface area (Å²) < 4.78 is 37.2. The number of carbonyl (C=O) groups excluding carboxylic acids is 1. The van der Waals surface area contributed by atoms with Gasteiger partial charge in [-0.15, -0.1) is 0 Å². The Hall–Kier alpha value is -1.60. The predicted octanol–water partition coefficient (Wildman–Crippen LogP) is 1.68. The van der Waals surface area contributed by atoms with Crippen LogP contribution in [0.1, 0.15) is 24.9 Å². The van der Waals surface area contributed by atoms with E-state index < -0.39 is 28.0 Å². The molecule has 1 N–H and O–H groups in total. The molecular formula is C14H19NO5S. The SMILES string of the molecule is C=C(C)[C@@H]1OCC[C@@H]1C(=O)NS(=O)(=O)c1cc(C)oc1C. The quantitative estimate of drug-likeness (QED) is 0.855. The van der Waals surface area contributed by atoms with Gasteiger partial charge in [-0.1, -0.05) is 12.2 Å². The number of rotatable bonds is 4. The molecule has 1 fully saturated rings. The minimum atomic E-state index is -3.93. The van der Waals surface area contributed by atoms with Crippen LogP contribution in [0.3, 0.4) is 0 Å². The smallest absolute Gasteiger partial charge is 0.267 e. The van der Waals surface area contributed by atoms with Crippen molar-refractivity contribution in [3.8, 4) is 0 Å². The Labute approximate surface area is 124 Å². The van der Waals surface area contributed by atoms with Crippen molar-refractivity contribution < 1.29 is 22.4 Å². The van der Waals surface area contributed by atoms with Gasteiger partial charge in [0.05, 0.1) is 12.0 Å². The van der Waals surface area contributed by atoms with Crippen LogP contribution >= 0.6 is 0 Å². The van der Waals surface area contributed by atoms with E-state index in [1.165, 1.54) is 6.07 Å². The van der Waals surface area contributed by atoms with Gasteiger partial charge < -0.3 is 9.15 Å². The van der Waals surface area contributed by atoms with E-state index in [0.29, 0.717) is 24.4 Å². The molecule has 21 heavy (non-hydrogen) atoms. The number of amides is 1. The molecule has 1 aliphatic rings. The fraction of sp³-hybridized carbons (Fsp3) is 0.500. The molecule has 0 unspecified atom stereocenters. The summed E-state index contributed by atoms with van der Waals surface area (Å²) in [7, 11) is -3.93. The molecule has 0 spiro atoms. The highest BCUT2D eigenvalue weighted by molar-refractivity contribution is 7.90. The van der Waals surface area contributed by atoms with Gasteiger partial charge >= 0.3 is 0 Å². The Morgan fingerprint density at radius 2 is 2.10 bits per heavy atom. The Morgan fingerprint density at radius 3 is 2.62 bits per heavy atom. The van der Waals surface area contributed by atoms with Crippen molar-refractivity contribution in [2.45, 2.75) is 38.2 Å². The molecular weight excluding hydrogens is 294 g/mol. The van der Waals surface area contributed by atoms with Gasteiger partial charge in [0.1, 0.15) is 16.4 Å². The van der Waals surface area contributed by atoms with E-state index in [1.807, 2.05) is 0 Å². The number of aryl methyl sites for hydroxylation is 2. The molecule has 1 aromatic rings. The van der Waals surface area contributed by atoms with Crippen molar-refractivity contribution in [3.63, 3.8) is 0 Å². The minimum absolute atomic E-state index is 0.0147. The summed E-state index contributed by atoms with van der Waals surface area (Å²) >= 11 is 0. The first-order valence-electron chi connectivity index (χ1n) is 6.63. The molecule has 2 heterocycles. The third-order valence-electron chi connectivity index (χ3n) is 3.43. The Balaban J connectivity index is 2.19. The predicted molar refractivity (Wildman–Crippen MR) is 76.2 cm³/mol. The molecule has 1 aliphatic heterocycles. The molecule has 6 nitrogen and oxygen atoms in total. The summed E-state index contributed by atoms with van der Waals surface area (Å²) in [5.74, 6) is -0.374. The van der Waals surface area contributed by atoms with Crippen molar-refractivity contribution in [1.29, 1.82) is 0 Å². The maximum Gasteiger partial charge on any atom is 0.267 e. The average molecular weight is 313 g/mol. The lowest BCUT2D eigenvalue weighted by Crippen LogP contribution is -2.39. The van der Waals surface area contributed by atoms with Crippen LogP contribution < -0.4 is 4.72 Å². The maximum atomic E-state index is 12.3. The van der Waals surface area contributed by atoms with Gasteiger partial charge in [0.25, 0.3) is 10.0 Å². The van der Waals surface area contributed by atoms with Crippen LogP contribution in [0.5, 0.6) is 0 Å². The average Bonchev–Trinajstić information content (AvgIpc) is 2.95. The van der Waals surface area contributed by atoms with Gasteiger partial charge in [0, 0.05) is 12.7 Å². The van der Waals surface area contributed by atoms with E-state index in [4.69, 9.17) is 9.15 Å². The number of nitrogens with one attached hydrogen (secondary N) is 1. The molecule has 0 aliphatic carbocycles. The summed E-state index contributed by atoms with van der Waals surface area (Å²) in [4.78, 5) is 12.2. The monoisotopic (exact) mass is 313 g/mol. The first kappa shape index (κ1) is 15.8. The third kappa shape index (κ3) is 3.19. The molecule has 2 rings (SSSR count). The molecule has 0 radical (unpaired) electrons. The third-order valence-corrected chi connectivity index (χ3v) is 4.89. The van der Waals surface area contributed by atoms with E-state index in [0.717, 1.165) is 0 Å². The van der Waals surface area contributed by atoms with Crippen LogP contribution in [-0.4, -0.2) is 27.0 Å². The second-order valence-corrected chi connectivity index (χ2v) is 6.93. The normalized spacial score (nSPS) is 22.2. The highest BCUT2D eigenvalue weighted by atomic mass is 32.2. The Kier molecular flexibility index (Phi) is 4.25. The number of hydrogen-bond donors (Lipinski definition) is 1. The van der Waals surface area contributed by atoms with Crippen molar-refractivity contribution in [1.82, 2.24) is 4.72 Å². The van der Waals surface area contributed by atoms with Gasteiger partial charge in [-0.2, -0.15) is 0 Å². The van der Waals surface area contributed by atoms with Crippen LogP contribution in [0.15, 0.2) is 27.5 Å². The molecule has 7 heteroatoms. The zero-order valence-corrected chi connectivity index (χ0v) is 13.1. The summed E-state index contributed by atoms with van der Waals surface area (Å²) in [6.45, 7) is 9.14. The van der Waals surface area contributed by atoms with Crippen LogP contribution in [0.25, 0.3) is 0 Å². The molecule has 0 aromatic carbocycles. The molecule has 2 atom stereocenters. The summed E-state index contributed by atoms with van der Waals surface area (Å²) in [6, 6.07) is 1.40. The standard InChI is InChI=1S/C14H19NO5S/c1-8(2)13-11(5-6-19-13)14(16)15-21(17,18)12-7-9(3)20-10(12)4/h7,11,13H,1,5-6H2,2-4H3,(H,15,16)/t11-,13-/m0/s1. The van der Waals surface area contributed by atoms with Gasteiger partial charge in [-0.3, -0.25) is 4.79 Å². The molecule has 0 bridgehead atoms. The second-order valence-electron chi connectivity index (χ2n) is 5.28. The minimum Gasteiger partial charge on any atom is -0.465 e. The van der Waals surface area contributed by atoms with Crippen LogP contribution in [0.4, 0.5) is 0 Å². The van der Waals surface area contributed by atoms with Gasteiger partial charge in [0.15, 0.2) is 0 Å². The Bertz CT molecular complexity index is 674. The fourth-order valence-corrected chi connectivity index (χ4v) is 3.75. The molecule has 1 amide bonds. The highest BCUT2D eigenvalue weighted by Gasteiger charge is 2.37. The number of sulfonamides is 1. The summed E-state index contributed by atoms with van der Waals surface area (Å²) in [5, 5.41) is 0. The topological polar surface area (TPSA) is 85.6 Å². The van der Waals surface area contributed by atoms with Crippen LogP contribution in [-0.2, 0) is 19.6 Å². The van der Waals surface area contributed by atoms with E-state index >= 15 is 0 Å². The highest BCUT2D eigenvalue weighted by Crippen LogP contribution is 2.27. The van der Waals surface area contributed by atoms with Crippen LogP contribution in [0.2, 0.25) is 0 Å². The summed E-state index contributed by atoms with van der Waals surface area (Å²) in [6.07, 6.45) is 0.0369. The fourth-order valence-electron chi connectivity index (χ4n) is 2.48. The van der Waals surface area contributed by atoms with E-state index in [9.17, 15) is 13.2 Å². The van der Waals surface area contributed by atoms with E-state index in [-0.39, 0.29) is 10.7 Å². The van der Waals surface area contributed by atoms with Crippen molar-refractivity contribution >= 4 is 15.9 Å². The second kappa shape index (κ2) is 5.65. The zero-order chi connectivity index (χ0) is 15.8. The summed E-state index contributed by atoms with van der Waals surface area (Å²) in [5.41, 5.74) is 0.709. The first-order valence-corrected chi connectivity index (χ1v) is 8.11. The van der Waals surface area contributed by atoms with E-state index in [2.05, 4.69) is 11.3 Å².